The van der Waals surface area contributed by atoms with Crippen molar-refractivity contribution in [2.75, 3.05) is 26.7 Å². The molecule has 1 aliphatic rings. The first-order valence-corrected chi connectivity index (χ1v) is 8.05. The molecule has 0 spiro atoms. The zero-order valence-electron chi connectivity index (χ0n) is 13.8. The molecule has 0 unspecified atom stereocenters. The van der Waals surface area contributed by atoms with Crippen LogP contribution in [-0.2, 0) is 7.05 Å². The van der Waals surface area contributed by atoms with E-state index in [-0.39, 0.29) is 11.9 Å². The van der Waals surface area contributed by atoms with Gasteiger partial charge in [0.05, 0.1) is 11.6 Å². The summed E-state index contributed by atoms with van der Waals surface area (Å²) < 4.78 is 2.01. The number of nitrogens with zero attached hydrogens (tertiary/aromatic N) is 5. The van der Waals surface area contributed by atoms with Gasteiger partial charge < -0.3 is 9.47 Å². The second-order valence-electron chi connectivity index (χ2n) is 6.26. The molecule has 3 aromatic rings. The van der Waals surface area contributed by atoms with Crippen molar-refractivity contribution in [2.24, 2.45) is 7.05 Å². The van der Waals surface area contributed by atoms with Crippen molar-refractivity contribution in [1.82, 2.24) is 29.5 Å². The maximum atomic E-state index is 13.0. The number of para-hydroxylation sites is 1. The Morgan fingerprint density at radius 3 is 2.88 bits per heavy atom. The number of hydrogen-bond acceptors (Lipinski definition) is 4. The van der Waals surface area contributed by atoms with E-state index in [1.807, 2.05) is 47.0 Å². The molecule has 0 saturated carbocycles. The highest BCUT2D eigenvalue weighted by molar-refractivity contribution is 6.04. The molecule has 2 aromatic heterocycles. The van der Waals surface area contributed by atoms with E-state index in [2.05, 4.69) is 27.1 Å². The van der Waals surface area contributed by atoms with Crippen LogP contribution >= 0.6 is 0 Å². The number of carbonyl (C=O) groups excluding carboxylic acids is 1. The summed E-state index contributed by atoms with van der Waals surface area (Å²) in [5, 5.41) is 8.05. The fourth-order valence-electron chi connectivity index (χ4n) is 3.31. The summed E-state index contributed by atoms with van der Waals surface area (Å²) in [4.78, 5) is 21.6. The van der Waals surface area contributed by atoms with Crippen molar-refractivity contribution in [3.8, 4) is 0 Å². The van der Waals surface area contributed by atoms with Crippen molar-refractivity contribution >= 4 is 16.8 Å². The largest absolute Gasteiger partial charge is 0.337 e. The molecule has 1 N–H and O–H groups in total. The normalized spacial score (nSPS) is 19.1. The highest BCUT2D eigenvalue weighted by Crippen LogP contribution is 2.24. The molecule has 1 amide bonds. The van der Waals surface area contributed by atoms with Crippen LogP contribution in [-0.4, -0.2) is 62.1 Å². The lowest BCUT2D eigenvalue weighted by molar-refractivity contribution is 0.0525. The number of likely N-dealkylation sites (N-methyl/N-ethyl adjacent to an activating group) is 1. The molecule has 124 valence electrons. The summed E-state index contributed by atoms with van der Waals surface area (Å²) in [6, 6.07) is 7.81. The van der Waals surface area contributed by atoms with Gasteiger partial charge in [0.2, 0.25) is 0 Å². The van der Waals surface area contributed by atoms with Gasteiger partial charge >= 0.3 is 0 Å². The third kappa shape index (κ3) is 2.37. The summed E-state index contributed by atoms with van der Waals surface area (Å²) in [6.07, 6.45) is 3.73. The first-order chi connectivity index (χ1) is 11.6. The number of imidazole rings is 1. The number of nitrogens with one attached hydrogen (secondary N) is 1. The van der Waals surface area contributed by atoms with Gasteiger partial charge in [-0.25, -0.2) is 4.98 Å². The molecule has 0 radical (unpaired) electrons. The number of fused-ring (bicyclic) bond motifs is 1. The third-order valence-electron chi connectivity index (χ3n) is 4.76. The van der Waals surface area contributed by atoms with Gasteiger partial charge in [-0.05, 0) is 13.1 Å². The van der Waals surface area contributed by atoms with Gasteiger partial charge in [-0.3, -0.25) is 14.8 Å². The monoisotopic (exact) mass is 324 g/mol. The summed E-state index contributed by atoms with van der Waals surface area (Å²) >= 11 is 0. The van der Waals surface area contributed by atoms with Crippen LogP contribution in [0.15, 0.2) is 36.7 Å². The highest BCUT2D eigenvalue weighted by Gasteiger charge is 2.32. The minimum absolute atomic E-state index is 0.0280. The second kappa shape index (κ2) is 5.76. The smallest absolute Gasteiger partial charge is 0.275 e. The summed E-state index contributed by atoms with van der Waals surface area (Å²) in [5.74, 6) is 0.946. The number of amides is 1. The van der Waals surface area contributed by atoms with Crippen molar-refractivity contribution in [1.29, 1.82) is 0 Å². The minimum atomic E-state index is -0.0280. The van der Waals surface area contributed by atoms with E-state index in [4.69, 9.17) is 0 Å². The van der Waals surface area contributed by atoms with Crippen molar-refractivity contribution in [3.63, 3.8) is 0 Å². The quantitative estimate of drug-likeness (QED) is 0.774. The van der Waals surface area contributed by atoms with Gasteiger partial charge in [0, 0.05) is 44.5 Å². The van der Waals surface area contributed by atoms with E-state index in [0.29, 0.717) is 18.8 Å². The maximum Gasteiger partial charge on any atom is 0.275 e. The molecule has 0 bridgehead atoms. The zero-order chi connectivity index (χ0) is 16.7. The lowest BCUT2D eigenvalue weighted by Gasteiger charge is -2.38. The average Bonchev–Trinajstić information content (AvgIpc) is 3.21. The van der Waals surface area contributed by atoms with E-state index in [1.165, 1.54) is 0 Å². The maximum absolute atomic E-state index is 13.0. The van der Waals surface area contributed by atoms with Gasteiger partial charge in [0.15, 0.2) is 5.69 Å². The van der Waals surface area contributed by atoms with Gasteiger partial charge in [0.25, 0.3) is 5.91 Å². The van der Waals surface area contributed by atoms with E-state index >= 15 is 0 Å². The molecule has 0 aliphatic carbocycles. The number of aromatic nitrogens is 4. The van der Waals surface area contributed by atoms with Crippen LogP contribution in [0.3, 0.4) is 0 Å². The van der Waals surface area contributed by atoms with Crippen LogP contribution in [0, 0.1) is 0 Å². The lowest BCUT2D eigenvalue weighted by Crippen LogP contribution is -2.49. The predicted molar refractivity (Wildman–Crippen MR) is 90.6 cm³/mol. The van der Waals surface area contributed by atoms with E-state index in [0.717, 1.165) is 23.3 Å². The van der Waals surface area contributed by atoms with Crippen LogP contribution < -0.4 is 0 Å². The van der Waals surface area contributed by atoms with E-state index in [1.54, 1.807) is 6.20 Å². The molecule has 3 heterocycles. The number of aryl methyl sites for hydroxylation is 1. The number of H-pyrrole nitrogens is 1. The summed E-state index contributed by atoms with van der Waals surface area (Å²) in [6.45, 7) is 2.12. The molecule has 7 heteroatoms. The Bertz CT molecular complexity index is 882. The molecule has 24 heavy (non-hydrogen) atoms. The summed E-state index contributed by atoms with van der Waals surface area (Å²) in [7, 11) is 4.06. The Morgan fingerprint density at radius 1 is 1.25 bits per heavy atom. The van der Waals surface area contributed by atoms with Crippen LogP contribution in [0.2, 0.25) is 0 Å². The molecule has 1 aliphatic heterocycles. The van der Waals surface area contributed by atoms with Crippen LogP contribution in [0.5, 0.6) is 0 Å². The van der Waals surface area contributed by atoms with E-state index < -0.39 is 0 Å². The second-order valence-corrected chi connectivity index (χ2v) is 6.26. The molecule has 1 fully saturated rings. The SMILES string of the molecule is CN1CCN(C(=O)c2n[nH]c3ccccc23)C[C@H]1c1nccn1C. The molecule has 1 atom stereocenters. The number of aromatic amines is 1. The van der Waals surface area contributed by atoms with Gasteiger partial charge in [-0.1, -0.05) is 18.2 Å². The number of piperazine rings is 1. The topological polar surface area (TPSA) is 70.1 Å². The Kier molecular flexibility index (Phi) is 3.57. The molecule has 1 aromatic carbocycles. The number of hydrogen-bond donors (Lipinski definition) is 1. The number of carbonyl (C=O) groups is 1. The zero-order valence-corrected chi connectivity index (χ0v) is 13.8. The highest BCUT2D eigenvalue weighted by atomic mass is 16.2. The molecule has 4 rings (SSSR count). The summed E-state index contributed by atoms with van der Waals surface area (Å²) in [5.41, 5.74) is 1.38. The standard InChI is InChI=1S/C17H20N6O/c1-21-9-10-23(11-14(21)16-18-7-8-22(16)2)17(24)15-12-5-3-4-6-13(12)19-20-15/h3-8,14H,9-11H2,1-2H3,(H,19,20)/t14-/m0/s1. The van der Waals surface area contributed by atoms with Gasteiger partial charge in [-0.2, -0.15) is 5.10 Å². The first kappa shape index (κ1) is 14.9. The van der Waals surface area contributed by atoms with Crippen molar-refractivity contribution in [2.45, 2.75) is 6.04 Å². The molecule has 7 nitrogen and oxygen atoms in total. The van der Waals surface area contributed by atoms with Crippen LogP contribution in [0.4, 0.5) is 0 Å². The third-order valence-corrected chi connectivity index (χ3v) is 4.76. The fraction of sp³-hybridized carbons (Fsp3) is 0.353. The number of rotatable bonds is 2. The predicted octanol–water partition coefficient (Wildman–Crippen LogP) is 1.43. The molecular weight excluding hydrogens is 304 g/mol. The van der Waals surface area contributed by atoms with Gasteiger partial charge in [0.1, 0.15) is 5.82 Å². The number of benzene rings is 1. The Balaban J connectivity index is 1.62. The Morgan fingerprint density at radius 2 is 2.08 bits per heavy atom. The lowest BCUT2D eigenvalue weighted by atomic mass is 10.1. The minimum Gasteiger partial charge on any atom is -0.337 e. The fourth-order valence-corrected chi connectivity index (χ4v) is 3.31. The van der Waals surface area contributed by atoms with Crippen molar-refractivity contribution < 1.29 is 4.79 Å². The Hall–Kier alpha value is -2.67. The Labute approximate surface area is 139 Å². The average molecular weight is 324 g/mol. The van der Waals surface area contributed by atoms with Crippen molar-refractivity contribution in [3.05, 3.63) is 48.2 Å². The van der Waals surface area contributed by atoms with Crippen LogP contribution in [0.25, 0.3) is 10.9 Å². The molecule has 1 saturated heterocycles. The van der Waals surface area contributed by atoms with Gasteiger partial charge in [-0.15, -0.1) is 0 Å². The first-order valence-electron chi connectivity index (χ1n) is 8.05. The van der Waals surface area contributed by atoms with E-state index in [9.17, 15) is 4.79 Å². The van der Waals surface area contributed by atoms with Crippen LogP contribution in [0.1, 0.15) is 22.4 Å². The molecular formula is C17H20N6O.